The van der Waals surface area contributed by atoms with E-state index in [4.69, 9.17) is 18.9 Å². The molecule has 2 aromatic rings. The minimum absolute atomic E-state index is 0.0863. The summed E-state index contributed by atoms with van der Waals surface area (Å²) in [7, 11) is 0. The van der Waals surface area contributed by atoms with Crippen molar-refractivity contribution in [2.75, 3.05) is 13.2 Å². The molecule has 0 atom stereocenters. The van der Waals surface area contributed by atoms with Crippen molar-refractivity contribution in [1.82, 2.24) is 0 Å². The molecule has 0 aromatic heterocycles. The molecule has 0 saturated carbocycles. The second-order valence-corrected chi connectivity index (χ2v) is 6.95. The first-order chi connectivity index (χ1) is 15.2. The van der Waals surface area contributed by atoms with E-state index in [1.165, 1.54) is 13.8 Å². The van der Waals surface area contributed by atoms with Gasteiger partial charge in [0.1, 0.15) is 19.0 Å². The van der Waals surface area contributed by atoms with Gasteiger partial charge in [0.25, 0.3) is 0 Å². The summed E-state index contributed by atoms with van der Waals surface area (Å²) in [6, 6.07) is 12.1. The average molecular weight is 438 g/mol. The van der Waals surface area contributed by atoms with E-state index in [-0.39, 0.29) is 41.8 Å². The van der Waals surface area contributed by atoms with Gasteiger partial charge in [0.15, 0.2) is 11.5 Å². The summed E-state index contributed by atoms with van der Waals surface area (Å²) in [5.74, 6) is -0.744. The van der Waals surface area contributed by atoms with E-state index in [0.717, 1.165) is 11.1 Å². The summed E-state index contributed by atoms with van der Waals surface area (Å²) in [6.45, 7) is 12.3. The summed E-state index contributed by atoms with van der Waals surface area (Å²) in [4.78, 5) is 35.1. The Morgan fingerprint density at radius 1 is 0.781 bits per heavy atom. The Kier molecular flexibility index (Phi) is 8.77. The molecule has 0 saturated heterocycles. The van der Waals surface area contributed by atoms with Gasteiger partial charge in [-0.05, 0) is 49.2 Å². The van der Waals surface area contributed by atoms with E-state index >= 15 is 0 Å². The van der Waals surface area contributed by atoms with Crippen LogP contribution in [-0.4, -0.2) is 31.1 Å². The van der Waals surface area contributed by atoms with Crippen LogP contribution in [0.4, 0.5) is 0 Å². The van der Waals surface area contributed by atoms with Crippen LogP contribution < -0.4 is 14.2 Å². The summed E-state index contributed by atoms with van der Waals surface area (Å²) in [5.41, 5.74) is 1.97. The molecule has 7 heteroatoms. The van der Waals surface area contributed by atoms with E-state index < -0.39 is 11.9 Å². The Bertz CT molecular complexity index is 1020. The average Bonchev–Trinajstić information content (AvgIpc) is 2.77. The van der Waals surface area contributed by atoms with Gasteiger partial charge in [0.05, 0.1) is 0 Å². The molecule has 0 aliphatic heterocycles. The highest BCUT2D eigenvalue weighted by atomic mass is 16.6. The second kappa shape index (κ2) is 11.5. The van der Waals surface area contributed by atoms with Crippen molar-refractivity contribution < 1.29 is 33.3 Å². The lowest BCUT2D eigenvalue weighted by Crippen LogP contribution is -2.12. The lowest BCUT2D eigenvalue weighted by atomic mass is 10.0. The number of rotatable bonds is 10. The molecule has 0 amide bonds. The highest BCUT2D eigenvalue weighted by molar-refractivity contribution is 5.91. The molecule has 0 aliphatic rings. The van der Waals surface area contributed by atoms with Crippen LogP contribution in [0.3, 0.4) is 0 Å². The number of hydrogen-bond donors (Lipinski definition) is 0. The molecule has 0 heterocycles. The predicted molar refractivity (Wildman–Crippen MR) is 120 cm³/mol. The van der Waals surface area contributed by atoms with Crippen LogP contribution in [0.15, 0.2) is 66.8 Å². The highest BCUT2D eigenvalue weighted by Crippen LogP contribution is 2.34. The third-order valence-corrected chi connectivity index (χ3v) is 4.14. The molecule has 7 nitrogen and oxygen atoms in total. The number of benzene rings is 2. The Morgan fingerprint density at radius 2 is 1.34 bits per heavy atom. The zero-order valence-corrected chi connectivity index (χ0v) is 18.4. The molecular formula is C25H26O7. The number of carbonyl (C=O) groups excluding carboxylic acids is 3. The second-order valence-electron chi connectivity index (χ2n) is 6.95. The van der Waals surface area contributed by atoms with Crippen LogP contribution in [0.2, 0.25) is 0 Å². The quantitative estimate of drug-likeness (QED) is 0.231. The van der Waals surface area contributed by atoms with Gasteiger partial charge >= 0.3 is 17.9 Å². The van der Waals surface area contributed by atoms with E-state index in [1.807, 2.05) is 12.1 Å². The Hall–Kier alpha value is -3.87. The largest absolute Gasteiger partial charge is 0.490 e. The van der Waals surface area contributed by atoms with Gasteiger partial charge in [-0.25, -0.2) is 9.59 Å². The van der Waals surface area contributed by atoms with Crippen LogP contribution in [0.25, 0.3) is 11.1 Å². The van der Waals surface area contributed by atoms with Crippen molar-refractivity contribution >= 4 is 17.9 Å². The van der Waals surface area contributed by atoms with Crippen molar-refractivity contribution in [1.29, 1.82) is 0 Å². The zero-order valence-electron chi connectivity index (χ0n) is 18.4. The first-order valence-corrected chi connectivity index (χ1v) is 9.99. The van der Waals surface area contributed by atoms with Crippen molar-refractivity contribution in [2.24, 2.45) is 0 Å². The molecule has 2 rings (SSSR count). The van der Waals surface area contributed by atoms with E-state index in [2.05, 4.69) is 13.2 Å². The first kappa shape index (κ1) is 24.4. The molecule has 0 spiro atoms. The molecule has 0 radical (unpaired) electrons. The third kappa shape index (κ3) is 7.12. The third-order valence-electron chi connectivity index (χ3n) is 4.14. The number of esters is 3. The lowest BCUT2D eigenvalue weighted by molar-refractivity contribution is -0.144. The van der Waals surface area contributed by atoms with Crippen LogP contribution in [-0.2, 0) is 19.1 Å². The number of carbonyl (C=O) groups is 3. The Balaban J connectivity index is 2.18. The number of ether oxygens (including phenoxy) is 4. The Labute approximate surface area is 187 Å². The van der Waals surface area contributed by atoms with Crippen LogP contribution in [0, 0.1) is 0 Å². The summed E-state index contributed by atoms with van der Waals surface area (Å²) in [6.07, 6.45) is 0.323. The molecule has 0 aliphatic carbocycles. The maximum Gasteiger partial charge on any atom is 0.338 e. The SMILES string of the molecule is C=C(C)C(=O)Oc1ccc(-c2ccc(OCCOC(=O)CC)cc2)cc1OC(=O)C(=C)C. The van der Waals surface area contributed by atoms with E-state index in [9.17, 15) is 14.4 Å². The highest BCUT2D eigenvalue weighted by Gasteiger charge is 2.16. The first-order valence-electron chi connectivity index (χ1n) is 9.99. The molecule has 0 N–H and O–H groups in total. The summed E-state index contributed by atoms with van der Waals surface area (Å²) in [5, 5.41) is 0. The monoisotopic (exact) mass is 438 g/mol. The van der Waals surface area contributed by atoms with Gasteiger partial charge in [-0.2, -0.15) is 0 Å². The van der Waals surface area contributed by atoms with Crippen molar-refractivity contribution in [3.05, 3.63) is 66.8 Å². The maximum atomic E-state index is 12.0. The zero-order chi connectivity index (χ0) is 23.7. The molecule has 168 valence electrons. The standard InChI is InChI=1S/C25H26O7/c1-6-23(26)30-14-13-29-20-10-7-18(8-11-20)19-9-12-21(31-24(27)16(2)3)22(15-19)32-25(28)17(4)5/h7-12,15H,2,4,6,13-14H2,1,3,5H3. The fourth-order valence-corrected chi connectivity index (χ4v) is 2.39. The topological polar surface area (TPSA) is 88.1 Å². The van der Waals surface area contributed by atoms with Crippen LogP contribution in [0.5, 0.6) is 17.2 Å². The van der Waals surface area contributed by atoms with Gasteiger partial charge in [0.2, 0.25) is 0 Å². The molecule has 0 bridgehead atoms. The van der Waals surface area contributed by atoms with Crippen molar-refractivity contribution in [3.8, 4) is 28.4 Å². The lowest BCUT2D eigenvalue weighted by Gasteiger charge is -2.13. The normalized spacial score (nSPS) is 10.1. The molecular weight excluding hydrogens is 412 g/mol. The minimum atomic E-state index is -0.637. The molecule has 0 unspecified atom stereocenters. The van der Waals surface area contributed by atoms with Gasteiger partial charge in [-0.3, -0.25) is 4.79 Å². The van der Waals surface area contributed by atoms with Gasteiger partial charge in [0, 0.05) is 17.6 Å². The summed E-state index contributed by atoms with van der Waals surface area (Å²) >= 11 is 0. The van der Waals surface area contributed by atoms with Crippen LogP contribution in [0.1, 0.15) is 27.2 Å². The predicted octanol–water partition coefficient (Wildman–Crippen LogP) is 4.65. The number of hydrogen-bond acceptors (Lipinski definition) is 7. The van der Waals surface area contributed by atoms with E-state index in [0.29, 0.717) is 12.2 Å². The van der Waals surface area contributed by atoms with Crippen molar-refractivity contribution in [2.45, 2.75) is 27.2 Å². The Morgan fingerprint density at radius 3 is 1.91 bits per heavy atom. The van der Waals surface area contributed by atoms with Crippen LogP contribution >= 0.6 is 0 Å². The van der Waals surface area contributed by atoms with Gasteiger partial charge in [-0.1, -0.05) is 38.3 Å². The maximum absolute atomic E-state index is 12.0. The fourth-order valence-electron chi connectivity index (χ4n) is 2.39. The van der Waals surface area contributed by atoms with Crippen molar-refractivity contribution in [3.63, 3.8) is 0 Å². The molecule has 2 aromatic carbocycles. The minimum Gasteiger partial charge on any atom is -0.490 e. The van der Waals surface area contributed by atoms with E-state index in [1.54, 1.807) is 37.3 Å². The smallest absolute Gasteiger partial charge is 0.338 e. The molecule has 0 fully saturated rings. The summed E-state index contributed by atoms with van der Waals surface area (Å²) < 4.78 is 21.2. The van der Waals surface area contributed by atoms with Gasteiger partial charge < -0.3 is 18.9 Å². The van der Waals surface area contributed by atoms with Gasteiger partial charge in [-0.15, -0.1) is 0 Å². The molecule has 32 heavy (non-hydrogen) atoms. The fraction of sp³-hybridized carbons (Fsp3) is 0.240.